The second-order valence-corrected chi connectivity index (χ2v) is 12.0. The predicted octanol–water partition coefficient (Wildman–Crippen LogP) is 1.13. The number of carbonyl (C=O) groups is 3. The van der Waals surface area contributed by atoms with Crippen LogP contribution in [0, 0.1) is 0 Å². The molecule has 2 unspecified atom stereocenters. The largest absolute Gasteiger partial charge is 0.480 e. The Kier molecular flexibility index (Phi) is 9.56. The number of carboxylic acid groups (broad SMARTS) is 2. The van der Waals surface area contributed by atoms with Crippen LogP contribution in [0.3, 0.4) is 0 Å². The molecule has 210 valence electrons. The number of thiazole rings is 1. The summed E-state index contributed by atoms with van der Waals surface area (Å²) in [5.74, 6) is -3.53. The molecule has 6 N–H and O–H groups in total. The standard InChI is InChI=1S/C22H22N8O6S4/c1-3-36-28-14(16-27-21(23)40-29-16)17(31)25-15(20(34)35)18-26-13(19(32)33)12(9-37-18)39-22-24-11(8-38-22)10-4-6-30(2)7-5-10/h4-8,15,18,26H,3,9H2,1-2H3,(H4-,23,25,27,29,31,32,33,34,35)/p+1/b28-14+. The van der Waals surface area contributed by atoms with Gasteiger partial charge in [-0.15, -0.1) is 23.1 Å². The molecule has 0 spiro atoms. The molecule has 2 atom stereocenters. The first-order chi connectivity index (χ1) is 19.2. The van der Waals surface area contributed by atoms with Crippen LogP contribution in [-0.4, -0.2) is 71.9 Å². The van der Waals surface area contributed by atoms with Crippen LogP contribution in [0.2, 0.25) is 0 Å². The molecule has 0 saturated carbocycles. The molecule has 0 bridgehead atoms. The van der Waals surface area contributed by atoms with Gasteiger partial charge >= 0.3 is 11.9 Å². The maximum atomic E-state index is 13.0. The fourth-order valence-corrected chi connectivity index (χ4v) is 7.00. The molecular weight excluding hydrogens is 601 g/mol. The second kappa shape index (κ2) is 13.1. The molecule has 14 nitrogen and oxygen atoms in total. The predicted molar refractivity (Wildman–Crippen MR) is 151 cm³/mol. The lowest BCUT2D eigenvalue weighted by Gasteiger charge is -2.31. The lowest BCUT2D eigenvalue weighted by molar-refractivity contribution is -0.671. The summed E-state index contributed by atoms with van der Waals surface area (Å²) >= 11 is 4.52. The quantitative estimate of drug-likeness (QED) is 0.116. The fourth-order valence-electron chi connectivity index (χ4n) is 3.28. The van der Waals surface area contributed by atoms with Crippen molar-refractivity contribution in [2.45, 2.75) is 22.7 Å². The highest BCUT2D eigenvalue weighted by Gasteiger charge is 2.37. The topological polar surface area (TPSA) is 206 Å². The number of aromatic nitrogens is 4. The summed E-state index contributed by atoms with van der Waals surface area (Å²) in [6, 6.07) is 2.32. The minimum Gasteiger partial charge on any atom is -0.480 e. The number of carboxylic acids is 2. The minimum atomic E-state index is -1.54. The Morgan fingerprint density at radius 1 is 1.32 bits per heavy atom. The molecule has 0 aliphatic carbocycles. The number of anilines is 1. The number of amides is 1. The molecule has 1 aliphatic heterocycles. The van der Waals surface area contributed by atoms with Gasteiger partial charge in [0.05, 0.1) is 5.69 Å². The van der Waals surface area contributed by atoms with E-state index in [0.717, 1.165) is 34.6 Å². The van der Waals surface area contributed by atoms with Gasteiger partial charge in [-0.05, 0) is 6.92 Å². The molecule has 1 aliphatic rings. The SMILES string of the molecule is CCO/N=C(/C(=O)NC(C(=O)O)C1NC(C(=O)O)=C(Sc2nc(-c3cc[n+](C)cc3)cs2)CS1)c1nsc(N)n1. The number of nitrogens with zero attached hydrogens (tertiary/aromatic N) is 5. The van der Waals surface area contributed by atoms with E-state index >= 15 is 0 Å². The van der Waals surface area contributed by atoms with Gasteiger partial charge in [-0.25, -0.2) is 19.1 Å². The third-order valence-electron chi connectivity index (χ3n) is 5.15. The molecule has 3 aromatic heterocycles. The molecule has 1 amide bonds. The van der Waals surface area contributed by atoms with E-state index in [2.05, 4.69) is 30.1 Å². The van der Waals surface area contributed by atoms with Gasteiger partial charge in [0.15, 0.2) is 27.9 Å². The number of nitrogen functional groups attached to an aromatic ring is 1. The summed E-state index contributed by atoms with van der Waals surface area (Å²) in [6.45, 7) is 1.78. The van der Waals surface area contributed by atoms with E-state index in [1.54, 1.807) is 6.92 Å². The zero-order valence-electron chi connectivity index (χ0n) is 20.9. The van der Waals surface area contributed by atoms with Crippen molar-refractivity contribution in [1.82, 2.24) is 25.0 Å². The summed E-state index contributed by atoms with van der Waals surface area (Å²) in [7, 11) is 1.91. The van der Waals surface area contributed by atoms with Crippen LogP contribution in [0.4, 0.5) is 5.13 Å². The molecule has 0 saturated heterocycles. The lowest BCUT2D eigenvalue weighted by Crippen LogP contribution is -2.55. The Bertz CT molecular complexity index is 1470. The number of oxime groups is 1. The number of pyridine rings is 1. The molecule has 40 heavy (non-hydrogen) atoms. The molecule has 4 rings (SSSR count). The first-order valence-electron chi connectivity index (χ1n) is 11.4. The average Bonchev–Trinajstić information content (AvgIpc) is 3.57. The van der Waals surface area contributed by atoms with Crippen LogP contribution in [0.25, 0.3) is 11.3 Å². The zero-order chi connectivity index (χ0) is 28.8. The van der Waals surface area contributed by atoms with Crippen molar-refractivity contribution in [2.75, 3.05) is 18.1 Å². The van der Waals surface area contributed by atoms with Crippen LogP contribution in [0.5, 0.6) is 0 Å². The van der Waals surface area contributed by atoms with Gasteiger partial charge in [-0.1, -0.05) is 16.9 Å². The normalized spacial score (nSPS) is 16.2. The van der Waals surface area contributed by atoms with Gasteiger partial charge in [-0.2, -0.15) is 9.36 Å². The van der Waals surface area contributed by atoms with Gasteiger partial charge in [0, 0.05) is 45.3 Å². The Labute approximate surface area is 243 Å². The van der Waals surface area contributed by atoms with Crippen molar-refractivity contribution in [2.24, 2.45) is 12.2 Å². The monoisotopic (exact) mass is 623 g/mol. The Morgan fingerprint density at radius 3 is 2.70 bits per heavy atom. The molecule has 0 aromatic carbocycles. The van der Waals surface area contributed by atoms with Crippen molar-refractivity contribution in [1.29, 1.82) is 0 Å². The van der Waals surface area contributed by atoms with Crippen LogP contribution < -0.4 is 20.9 Å². The fraction of sp³-hybridized carbons (Fsp3) is 0.273. The lowest BCUT2D eigenvalue weighted by atomic mass is 10.2. The zero-order valence-corrected chi connectivity index (χ0v) is 24.2. The number of rotatable bonds is 11. The number of nitrogens with one attached hydrogen (secondary N) is 2. The smallest absolute Gasteiger partial charge is 0.352 e. The molecule has 4 heterocycles. The van der Waals surface area contributed by atoms with Crippen molar-refractivity contribution in [3.8, 4) is 11.3 Å². The van der Waals surface area contributed by atoms with Crippen molar-refractivity contribution in [3.63, 3.8) is 0 Å². The van der Waals surface area contributed by atoms with Crippen molar-refractivity contribution < 1.29 is 34.0 Å². The minimum absolute atomic E-state index is 0.0813. The average molecular weight is 624 g/mol. The third kappa shape index (κ3) is 7.06. The molecule has 18 heteroatoms. The summed E-state index contributed by atoms with van der Waals surface area (Å²) in [5, 5.41) is 29.6. The highest BCUT2D eigenvalue weighted by atomic mass is 32.2. The highest BCUT2D eigenvalue weighted by molar-refractivity contribution is 8.07. The van der Waals surface area contributed by atoms with Crippen molar-refractivity contribution in [3.05, 3.63) is 46.3 Å². The first kappa shape index (κ1) is 29.2. The number of aryl methyl sites for hydroxylation is 1. The van der Waals surface area contributed by atoms with Gasteiger partial charge in [0.2, 0.25) is 11.5 Å². The van der Waals surface area contributed by atoms with E-state index in [1.165, 1.54) is 23.1 Å². The van der Waals surface area contributed by atoms with Gasteiger partial charge in [0.1, 0.15) is 24.7 Å². The highest BCUT2D eigenvalue weighted by Crippen LogP contribution is 2.38. The second-order valence-electron chi connectivity index (χ2n) is 7.94. The van der Waals surface area contributed by atoms with E-state index in [4.69, 9.17) is 10.6 Å². The Morgan fingerprint density at radius 2 is 2.08 bits per heavy atom. The maximum Gasteiger partial charge on any atom is 0.352 e. The van der Waals surface area contributed by atoms with Crippen LogP contribution in [0.1, 0.15) is 12.7 Å². The van der Waals surface area contributed by atoms with E-state index in [0.29, 0.717) is 9.24 Å². The molecular formula is C22H23N8O6S4+. The molecule has 0 fully saturated rings. The number of carbonyl (C=O) groups excluding carboxylic acids is 1. The first-order valence-corrected chi connectivity index (χ1v) is 14.9. The van der Waals surface area contributed by atoms with Gasteiger partial charge < -0.3 is 31.4 Å². The molecule has 0 radical (unpaired) electrons. The Balaban J connectivity index is 1.51. The van der Waals surface area contributed by atoms with Crippen LogP contribution in [-0.2, 0) is 26.3 Å². The van der Waals surface area contributed by atoms with E-state index in [1.807, 2.05) is 41.5 Å². The summed E-state index contributed by atoms with van der Waals surface area (Å²) in [6.07, 6.45) is 3.81. The summed E-state index contributed by atoms with van der Waals surface area (Å²) < 4.78 is 6.47. The number of nitrogens with two attached hydrogens (primary N) is 1. The van der Waals surface area contributed by atoms with Gasteiger partial charge in [-0.3, -0.25) is 4.79 Å². The third-order valence-corrected chi connectivity index (χ3v) is 9.11. The number of aliphatic carboxylic acids is 2. The number of hydrogen-bond donors (Lipinski definition) is 5. The Hall–Kier alpha value is -3.74. The summed E-state index contributed by atoms with van der Waals surface area (Å²) in [5.41, 5.74) is 6.75. The maximum absolute atomic E-state index is 13.0. The summed E-state index contributed by atoms with van der Waals surface area (Å²) in [4.78, 5) is 51.2. The number of thioether (sulfide) groups is 2. The van der Waals surface area contributed by atoms with Crippen LogP contribution >= 0.6 is 46.4 Å². The molecule has 3 aromatic rings. The van der Waals surface area contributed by atoms with Gasteiger partial charge in [0.25, 0.3) is 5.91 Å². The van der Waals surface area contributed by atoms with E-state index < -0.39 is 29.3 Å². The van der Waals surface area contributed by atoms with E-state index in [-0.39, 0.29) is 34.7 Å². The van der Waals surface area contributed by atoms with E-state index in [9.17, 15) is 24.6 Å². The number of hydrogen-bond acceptors (Lipinski definition) is 14. The van der Waals surface area contributed by atoms with Crippen molar-refractivity contribution >= 4 is 75.1 Å². The van der Waals surface area contributed by atoms with Crippen LogP contribution in [0.15, 0.2) is 50.0 Å².